The van der Waals surface area contributed by atoms with Crippen LogP contribution in [0.2, 0.25) is 0 Å². The van der Waals surface area contributed by atoms with Crippen LogP contribution in [0.1, 0.15) is 16.9 Å². The lowest BCUT2D eigenvalue weighted by Crippen LogP contribution is -2.31. The van der Waals surface area contributed by atoms with E-state index in [1.807, 2.05) is 47.8 Å². The predicted molar refractivity (Wildman–Crippen MR) is 96.5 cm³/mol. The van der Waals surface area contributed by atoms with Crippen LogP contribution in [0.4, 0.5) is 0 Å². The van der Waals surface area contributed by atoms with E-state index in [1.165, 1.54) is 0 Å². The van der Waals surface area contributed by atoms with Crippen molar-refractivity contribution >= 4 is 21.8 Å². The standard InChI is InChI=1S/C18H22BrN3O/c1-20-11-13-8-9-22(12-13)18(23)17-7-6-16(21(17)2)14-4-3-5-15(19)10-14/h3-7,10,13,20H,8-9,11-12H2,1-2H3. The number of hydrogen-bond acceptors (Lipinski definition) is 2. The molecule has 1 saturated heterocycles. The molecule has 122 valence electrons. The number of aromatic nitrogens is 1. The summed E-state index contributed by atoms with van der Waals surface area (Å²) in [6.07, 6.45) is 1.08. The SMILES string of the molecule is CNCC1CCN(C(=O)c2ccc(-c3cccc(Br)c3)n2C)C1. The van der Waals surface area contributed by atoms with Crippen molar-refractivity contribution < 1.29 is 4.79 Å². The molecule has 5 heteroatoms. The first-order chi connectivity index (χ1) is 11.1. The maximum atomic E-state index is 12.8. The number of hydrogen-bond donors (Lipinski definition) is 1. The van der Waals surface area contributed by atoms with E-state index in [0.717, 1.165) is 47.5 Å². The van der Waals surface area contributed by atoms with Gasteiger partial charge in [-0.15, -0.1) is 0 Å². The topological polar surface area (TPSA) is 37.3 Å². The summed E-state index contributed by atoms with van der Waals surface area (Å²) in [4.78, 5) is 14.8. The molecule has 0 aliphatic carbocycles. The van der Waals surface area contributed by atoms with Crippen molar-refractivity contribution in [1.29, 1.82) is 0 Å². The molecule has 1 unspecified atom stereocenters. The van der Waals surface area contributed by atoms with Gasteiger partial charge in [0.1, 0.15) is 5.69 Å². The van der Waals surface area contributed by atoms with Crippen LogP contribution in [0.3, 0.4) is 0 Å². The van der Waals surface area contributed by atoms with Crippen LogP contribution in [0.5, 0.6) is 0 Å². The summed E-state index contributed by atoms with van der Waals surface area (Å²) in [5, 5.41) is 3.20. The molecule has 0 saturated carbocycles. The van der Waals surface area contributed by atoms with Gasteiger partial charge in [-0.1, -0.05) is 28.1 Å². The normalized spacial score (nSPS) is 17.7. The van der Waals surface area contributed by atoms with Crippen LogP contribution in [0, 0.1) is 5.92 Å². The van der Waals surface area contributed by atoms with Gasteiger partial charge < -0.3 is 14.8 Å². The van der Waals surface area contributed by atoms with E-state index in [9.17, 15) is 4.79 Å². The number of carbonyl (C=O) groups is 1. The van der Waals surface area contributed by atoms with Gasteiger partial charge in [-0.05, 0) is 55.8 Å². The quantitative estimate of drug-likeness (QED) is 0.890. The lowest BCUT2D eigenvalue weighted by molar-refractivity contribution is 0.0778. The van der Waals surface area contributed by atoms with Gasteiger partial charge in [0.05, 0.1) is 0 Å². The molecule has 4 nitrogen and oxygen atoms in total. The first-order valence-corrected chi connectivity index (χ1v) is 8.75. The highest BCUT2D eigenvalue weighted by atomic mass is 79.9. The second kappa shape index (κ2) is 6.89. The molecule has 1 fully saturated rings. The molecule has 1 aliphatic rings. The molecule has 1 atom stereocenters. The lowest BCUT2D eigenvalue weighted by atomic mass is 10.1. The molecule has 1 N–H and O–H groups in total. The third kappa shape index (κ3) is 3.35. The zero-order valence-corrected chi connectivity index (χ0v) is 15.1. The van der Waals surface area contributed by atoms with Crippen molar-refractivity contribution in [2.75, 3.05) is 26.7 Å². The Morgan fingerprint density at radius 3 is 2.91 bits per heavy atom. The molecular formula is C18H22BrN3O. The lowest BCUT2D eigenvalue weighted by Gasteiger charge is -2.17. The van der Waals surface area contributed by atoms with Crippen LogP contribution in [-0.4, -0.2) is 42.1 Å². The van der Waals surface area contributed by atoms with Gasteiger partial charge in [-0.3, -0.25) is 4.79 Å². The molecule has 3 rings (SSSR count). The minimum absolute atomic E-state index is 0.132. The van der Waals surface area contributed by atoms with Crippen LogP contribution in [-0.2, 0) is 7.05 Å². The van der Waals surface area contributed by atoms with Crippen molar-refractivity contribution in [1.82, 2.24) is 14.8 Å². The summed E-state index contributed by atoms with van der Waals surface area (Å²) < 4.78 is 3.04. The van der Waals surface area contributed by atoms with Crippen molar-refractivity contribution in [3.63, 3.8) is 0 Å². The Kier molecular flexibility index (Phi) is 4.87. The third-order valence-electron chi connectivity index (χ3n) is 4.53. The van der Waals surface area contributed by atoms with Gasteiger partial charge in [0, 0.05) is 30.3 Å². The predicted octanol–water partition coefficient (Wildman–Crippen LogP) is 3.14. The maximum Gasteiger partial charge on any atom is 0.270 e. The van der Waals surface area contributed by atoms with Crippen molar-refractivity contribution in [3.05, 3.63) is 46.6 Å². The molecule has 1 aromatic heterocycles. The number of nitrogens with zero attached hydrogens (tertiary/aromatic N) is 2. The largest absolute Gasteiger partial charge is 0.340 e. The Morgan fingerprint density at radius 2 is 2.17 bits per heavy atom. The van der Waals surface area contributed by atoms with Crippen molar-refractivity contribution in [2.24, 2.45) is 13.0 Å². The Bertz CT molecular complexity index is 710. The summed E-state index contributed by atoms with van der Waals surface area (Å²) in [5.74, 6) is 0.695. The van der Waals surface area contributed by atoms with E-state index >= 15 is 0 Å². The Hall–Kier alpha value is -1.59. The average Bonchev–Trinajstić information content (AvgIpc) is 3.14. The molecule has 2 aromatic rings. The molecule has 1 aliphatic heterocycles. The van der Waals surface area contributed by atoms with E-state index in [4.69, 9.17) is 0 Å². The smallest absolute Gasteiger partial charge is 0.270 e. The van der Waals surface area contributed by atoms with Crippen molar-refractivity contribution in [3.8, 4) is 11.3 Å². The summed E-state index contributed by atoms with van der Waals surface area (Å²) in [7, 11) is 3.93. The summed E-state index contributed by atoms with van der Waals surface area (Å²) >= 11 is 3.50. The number of benzene rings is 1. The summed E-state index contributed by atoms with van der Waals surface area (Å²) in [5.41, 5.74) is 2.92. The third-order valence-corrected chi connectivity index (χ3v) is 5.02. The summed E-state index contributed by atoms with van der Waals surface area (Å²) in [6, 6.07) is 12.1. The zero-order valence-electron chi connectivity index (χ0n) is 13.6. The van der Waals surface area contributed by atoms with Gasteiger partial charge >= 0.3 is 0 Å². The second-order valence-corrected chi connectivity index (χ2v) is 7.05. The minimum Gasteiger partial charge on any atom is -0.340 e. The number of nitrogens with one attached hydrogen (secondary N) is 1. The van der Waals surface area contributed by atoms with Gasteiger partial charge in [-0.2, -0.15) is 0 Å². The molecular weight excluding hydrogens is 354 g/mol. The van der Waals surface area contributed by atoms with Crippen LogP contribution < -0.4 is 5.32 Å². The van der Waals surface area contributed by atoms with E-state index in [-0.39, 0.29) is 5.91 Å². The van der Waals surface area contributed by atoms with E-state index < -0.39 is 0 Å². The number of halogens is 1. The van der Waals surface area contributed by atoms with Crippen LogP contribution in [0.25, 0.3) is 11.3 Å². The molecule has 23 heavy (non-hydrogen) atoms. The van der Waals surface area contributed by atoms with E-state index in [1.54, 1.807) is 0 Å². The molecule has 1 aromatic carbocycles. The summed E-state index contributed by atoms with van der Waals surface area (Å²) in [6.45, 7) is 2.67. The fourth-order valence-corrected chi connectivity index (χ4v) is 3.70. The molecule has 0 bridgehead atoms. The maximum absolute atomic E-state index is 12.8. The van der Waals surface area contributed by atoms with Gasteiger partial charge in [0.2, 0.25) is 0 Å². The van der Waals surface area contributed by atoms with Crippen molar-refractivity contribution in [2.45, 2.75) is 6.42 Å². The number of amides is 1. The second-order valence-electron chi connectivity index (χ2n) is 6.14. The number of rotatable bonds is 4. The Morgan fingerprint density at radius 1 is 1.35 bits per heavy atom. The number of likely N-dealkylation sites (tertiary alicyclic amines) is 1. The first-order valence-electron chi connectivity index (χ1n) is 7.95. The highest BCUT2D eigenvalue weighted by Crippen LogP contribution is 2.26. The highest BCUT2D eigenvalue weighted by molar-refractivity contribution is 9.10. The van der Waals surface area contributed by atoms with Crippen LogP contribution in [0.15, 0.2) is 40.9 Å². The van der Waals surface area contributed by atoms with E-state index in [2.05, 4.69) is 33.4 Å². The van der Waals surface area contributed by atoms with E-state index in [0.29, 0.717) is 5.92 Å². The van der Waals surface area contributed by atoms with Gasteiger partial charge in [0.25, 0.3) is 5.91 Å². The molecule has 2 heterocycles. The van der Waals surface area contributed by atoms with Gasteiger partial charge in [-0.25, -0.2) is 0 Å². The molecule has 0 spiro atoms. The Balaban J connectivity index is 1.81. The average molecular weight is 376 g/mol. The highest BCUT2D eigenvalue weighted by Gasteiger charge is 2.28. The fourth-order valence-electron chi connectivity index (χ4n) is 3.30. The van der Waals surface area contributed by atoms with Gasteiger partial charge in [0.15, 0.2) is 0 Å². The fraction of sp³-hybridized carbons (Fsp3) is 0.389. The Labute approximate surface area is 145 Å². The molecule has 0 radical (unpaired) electrons. The zero-order chi connectivity index (χ0) is 16.4. The molecule has 1 amide bonds. The monoisotopic (exact) mass is 375 g/mol. The first kappa shape index (κ1) is 16.3. The minimum atomic E-state index is 0.132. The number of carbonyl (C=O) groups excluding carboxylic acids is 1. The van der Waals surface area contributed by atoms with Crippen LogP contribution >= 0.6 is 15.9 Å².